The van der Waals surface area contributed by atoms with Crippen molar-refractivity contribution in [3.8, 4) is 0 Å². The first-order chi connectivity index (χ1) is 8.95. The van der Waals surface area contributed by atoms with Crippen molar-refractivity contribution < 1.29 is 5.11 Å². The van der Waals surface area contributed by atoms with Gasteiger partial charge in [-0.25, -0.2) is 4.98 Å². The minimum atomic E-state index is 0.00424. The van der Waals surface area contributed by atoms with Crippen molar-refractivity contribution in [1.29, 1.82) is 0 Å². The highest BCUT2D eigenvalue weighted by Crippen LogP contribution is 2.36. The largest absolute Gasteiger partial charge is 0.391 e. The highest BCUT2D eigenvalue weighted by molar-refractivity contribution is 7.15. The maximum absolute atomic E-state index is 9.55. The average Bonchev–Trinajstić information content (AvgIpc) is 3.03. The van der Waals surface area contributed by atoms with Crippen LogP contribution in [0.3, 0.4) is 0 Å². The van der Waals surface area contributed by atoms with E-state index in [-0.39, 0.29) is 12.0 Å². The van der Waals surface area contributed by atoms with Crippen LogP contribution in [0.5, 0.6) is 0 Å². The van der Waals surface area contributed by atoms with Crippen molar-refractivity contribution in [2.24, 2.45) is 5.92 Å². The maximum atomic E-state index is 9.55. The lowest BCUT2D eigenvalue weighted by atomic mass is 9.91. The smallest absolute Gasteiger partial charge is 0.185 e. The van der Waals surface area contributed by atoms with Gasteiger partial charge in [-0.05, 0) is 25.2 Å². The van der Waals surface area contributed by atoms with E-state index in [2.05, 4.69) is 32.6 Å². The predicted octanol–water partition coefficient (Wildman–Crippen LogP) is 3.56. The molecule has 0 bridgehead atoms. The summed E-state index contributed by atoms with van der Waals surface area (Å²) in [5.41, 5.74) is 1.07. The normalized spacial score (nSPS) is 15.8. The van der Waals surface area contributed by atoms with E-state index in [0.717, 1.165) is 41.1 Å². The molecule has 0 saturated heterocycles. The van der Waals surface area contributed by atoms with Crippen LogP contribution in [0.15, 0.2) is 0 Å². The van der Waals surface area contributed by atoms with E-state index in [4.69, 9.17) is 4.98 Å². The van der Waals surface area contributed by atoms with E-state index >= 15 is 0 Å². The van der Waals surface area contributed by atoms with Crippen LogP contribution in [0.4, 0.5) is 5.13 Å². The molecular weight excluding hydrogens is 256 g/mol. The zero-order valence-electron chi connectivity index (χ0n) is 12.6. The lowest BCUT2D eigenvalue weighted by Crippen LogP contribution is -2.26. The molecular formula is C15H26N2OS. The van der Waals surface area contributed by atoms with Gasteiger partial charge in [0, 0.05) is 18.5 Å². The molecule has 0 unspecified atom stereocenters. The molecule has 0 aliphatic heterocycles. The fourth-order valence-corrected chi connectivity index (χ4v) is 3.48. The van der Waals surface area contributed by atoms with Crippen molar-refractivity contribution in [2.45, 2.75) is 59.0 Å². The quantitative estimate of drug-likeness (QED) is 0.866. The van der Waals surface area contributed by atoms with E-state index in [9.17, 15) is 5.11 Å². The maximum Gasteiger partial charge on any atom is 0.185 e. The molecule has 1 fully saturated rings. The molecule has 1 N–H and O–H groups in total. The van der Waals surface area contributed by atoms with Gasteiger partial charge in [0.05, 0.1) is 17.2 Å². The van der Waals surface area contributed by atoms with E-state index < -0.39 is 0 Å². The average molecular weight is 282 g/mol. The van der Waals surface area contributed by atoms with Crippen LogP contribution in [0.25, 0.3) is 0 Å². The summed E-state index contributed by atoms with van der Waals surface area (Å²) >= 11 is 1.67. The monoisotopic (exact) mass is 282 g/mol. The molecule has 1 aromatic rings. The van der Waals surface area contributed by atoms with Crippen molar-refractivity contribution in [1.82, 2.24) is 4.98 Å². The molecule has 0 spiro atoms. The Morgan fingerprint density at radius 1 is 1.37 bits per heavy atom. The topological polar surface area (TPSA) is 36.4 Å². The third-order valence-corrected chi connectivity index (χ3v) is 4.58. The standard InChI is InChI=1S/C15H26N2OS/c1-5-8-17(9-11-6-7-11)14-16-13(15(2,3)4)12(10-18)19-14/h11,18H,5-10H2,1-4H3. The second-order valence-corrected chi connectivity index (χ2v) is 7.63. The molecule has 19 heavy (non-hydrogen) atoms. The Balaban J connectivity index is 2.23. The summed E-state index contributed by atoms with van der Waals surface area (Å²) < 4.78 is 0. The van der Waals surface area contributed by atoms with E-state index in [0.29, 0.717) is 0 Å². The predicted molar refractivity (Wildman–Crippen MR) is 82.0 cm³/mol. The highest BCUT2D eigenvalue weighted by atomic mass is 32.1. The summed E-state index contributed by atoms with van der Waals surface area (Å²) in [6, 6.07) is 0. The molecule has 1 saturated carbocycles. The van der Waals surface area contributed by atoms with Gasteiger partial charge in [0.25, 0.3) is 0 Å². The third kappa shape index (κ3) is 3.69. The number of rotatable bonds is 6. The Morgan fingerprint density at radius 3 is 2.47 bits per heavy atom. The lowest BCUT2D eigenvalue weighted by molar-refractivity contribution is 0.282. The summed E-state index contributed by atoms with van der Waals surface area (Å²) in [6.45, 7) is 11.0. The SMILES string of the molecule is CCCN(CC1CC1)c1nc(C(C)(C)C)c(CO)s1. The Morgan fingerprint density at radius 2 is 2.05 bits per heavy atom. The lowest BCUT2D eigenvalue weighted by Gasteiger charge is -2.21. The van der Waals surface area contributed by atoms with Crippen LogP contribution >= 0.6 is 11.3 Å². The van der Waals surface area contributed by atoms with Crippen molar-refractivity contribution in [3.05, 3.63) is 10.6 Å². The summed E-state index contributed by atoms with van der Waals surface area (Å²) in [5, 5.41) is 10.7. The molecule has 1 heterocycles. The van der Waals surface area contributed by atoms with Gasteiger partial charge in [-0.1, -0.05) is 39.0 Å². The van der Waals surface area contributed by atoms with Gasteiger partial charge in [-0.3, -0.25) is 0 Å². The minimum absolute atomic E-state index is 0.00424. The van der Waals surface area contributed by atoms with Crippen molar-refractivity contribution >= 4 is 16.5 Å². The van der Waals surface area contributed by atoms with Gasteiger partial charge in [0.1, 0.15) is 0 Å². The van der Waals surface area contributed by atoms with Gasteiger partial charge in [-0.15, -0.1) is 0 Å². The minimum Gasteiger partial charge on any atom is -0.391 e. The van der Waals surface area contributed by atoms with Gasteiger partial charge < -0.3 is 10.0 Å². The van der Waals surface area contributed by atoms with Crippen LogP contribution < -0.4 is 4.90 Å². The van der Waals surface area contributed by atoms with Gasteiger partial charge >= 0.3 is 0 Å². The molecule has 2 rings (SSSR count). The second kappa shape index (κ2) is 5.80. The van der Waals surface area contributed by atoms with E-state index in [1.54, 1.807) is 11.3 Å². The van der Waals surface area contributed by atoms with E-state index in [1.807, 2.05) is 0 Å². The first-order valence-electron chi connectivity index (χ1n) is 7.31. The molecule has 1 aliphatic carbocycles. The van der Waals surface area contributed by atoms with E-state index in [1.165, 1.54) is 12.8 Å². The fourth-order valence-electron chi connectivity index (χ4n) is 2.31. The van der Waals surface area contributed by atoms with Gasteiger partial charge in [0.15, 0.2) is 5.13 Å². The van der Waals surface area contributed by atoms with Crippen LogP contribution in [0.1, 0.15) is 57.5 Å². The molecule has 0 radical (unpaired) electrons. The van der Waals surface area contributed by atoms with Crippen LogP contribution in [-0.4, -0.2) is 23.2 Å². The first-order valence-corrected chi connectivity index (χ1v) is 8.13. The van der Waals surface area contributed by atoms with Gasteiger partial charge in [-0.2, -0.15) is 0 Å². The summed E-state index contributed by atoms with van der Waals surface area (Å²) in [7, 11) is 0. The Labute approximate surface area is 120 Å². The van der Waals surface area contributed by atoms with Crippen molar-refractivity contribution in [2.75, 3.05) is 18.0 Å². The first kappa shape index (κ1) is 14.8. The molecule has 0 atom stereocenters. The number of nitrogens with zero attached hydrogens (tertiary/aromatic N) is 2. The van der Waals surface area contributed by atoms with Crippen LogP contribution in [-0.2, 0) is 12.0 Å². The second-order valence-electron chi connectivity index (χ2n) is 6.57. The number of hydrogen-bond donors (Lipinski definition) is 1. The molecule has 0 amide bonds. The number of thiazole rings is 1. The highest BCUT2D eigenvalue weighted by Gasteiger charge is 2.28. The number of aliphatic hydroxyl groups is 1. The molecule has 0 aromatic carbocycles. The van der Waals surface area contributed by atoms with Gasteiger partial charge in [0.2, 0.25) is 0 Å². The Kier molecular flexibility index (Phi) is 4.51. The third-order valence-electron chi connectivity index (χ3n) is 3.48. The Hall–Kier alpha value is -0.610. The number of aliphatic hydroxyl groups excluding tert-OH is 1. The zero-order chi connectivity index (χ0) is 14.0. The molecule has 108 valence electrons. The summed E-state index contributed by atoms with van der Waals surface area (Å²) in [5.74, 6) is 0.867. The number of hydrogen-bond acceptors (Lipinski definition) is 4. The molecule has 1 aromatic heterocycles. The van der Waals surface area contributed by atoms with Crippen molar-refractivity contribution in [3.63, 3.8) is 0 Å². The molecule has 3 nitrogen and oxygen atoms in total. The summed E-state index contributed by atoms with van der Waals surface area (Å²) in [6.07, 6.45) is 3.88. The molecule has 1 aliphatic rings. The van der Waals surface area contributed by atoms with Crippen LogP contribution in [0.2, 0.25) is 0 Å². The number of anilines is 1. The number of aromatic nitrogens is 1. The summed E-state index contributed by atoms with van der Waals surface area (Å²) in [4.78, 5) is 8.28. The van der Waals surface area contributed by atoms with Crippen LogP contribution in [0, 0.1) is 5.92 Å². The fraction of sp³-hybridized carbons (Fsp3) is 0.800. The Bertz CT molecular complexity index is 418. The zero-order valence-corrected chi connectivity index (χ0v) is 13.4. The molecule has 4 heteroatoms.